The van der Waals surface area contributed by atoms with Gasteiger partial charge in [0.15, 0.2) is 15.0 Å². The van der Waals surface area contributed by atoms with Crippen molar-refractivity contribution in [1.82, 2.24) is 10.3 Å². The second-order valence-corrected chi connectivity index (χ2v) is 7.08. The normalized spacial score (nSPS) is 11.2. The van der Waals surface area contributed by atoms with Crippen LogP contribution in [0.1, 0.15) is 16.1 Å². The van der Waals surface area contributed by atoms with E-state index in [9.17, 15) is 13.2 Å². The maximum absolute atomic E-state index is 11.7. The fourth-order valence-electron chi connectivity index (χ4n) is 1.52. The van der Waals surface area contributed by atoms with Crippen LogP contribution in [0.5, 0.6) is 0 Å². The van der Waals surface area contributed by atoms with Gasteiger partial charge < -0.3 is 11.1 Å². The quantitative estimate of drug-likeness (QED) is 0.879. The molecule has 0 aliphatic carbocycles. The van der Waals surface area contributed by atoms with Gasteiger partial charge in [-0.15, -0.1) is 11.3 Å². The first-order chi connectivity index (χ1) is 9.36. The van der Waals surface area contributed by atoms with Crippen LogP contribution in [-0.2, 0) is 16.4 Å². The molecule has 1 aromatic carbocycles. The molecule has 2 aromatic rings. The highest BCUT2D eigenvalue weighted by Gasteiger charge is 2.10. The molecular weight excluding hydrogens is 298 g/mol. The fraction of sp³-hybridized carbons (Fsp3) is 0.167. The van der Waals surface area contributed by atoms with E-state index in [2.05, 4.69) is 10.3 Å². The lowest BCUT2D eigenvalue weighted by Gasteiger charge is -2.04. The van der Waals surface area contributed by atoms with E-state index in [-0.39, 0.29) is 16.5 Å². The smallest absolute Gasteiger partial charge is 0.271 e. The topological polar surface area (TPSA) is 102 Å². The van der Waals surface area contributed by atoms with Gasteiger partial charge in [0.05, 0.1) is 4.90 Å². The van der Waals surface area contributed by atoms with Crippen LogP contribution in [-0.4, -0.2) is 25.6 Å². The second kappa shape index (κ2) is 5.59. The second-order valence-electron chi connectivity index (χ2n) is 4.17. The van der Waals surface area contributed by atoms with Gasteiger partial charge in [-0.25, -0.2) is 13.4 Å². The number of amides is 1. The Morgan fingerprint density at radius 2 is 2.00 bits per heavy atom. The summed E-state index contributed by atoms with van der Waals surface area (Å²) in [6.45, 7) is 0.292. The van der Waals surface area contributed by atoms with Gasteiger partial charge in [0, 0.05) is 18.2 Å². The van der Waals surface area contributed by atoms with Crippen LogP contribution in [0.15, 0.2) is 34.5 Å². The number of hydrogen-bond acceptors (Lipinski definition) is 6. The van der Waals surface area contributed by atoms with Crippen molar-refractivity contribution in [3.63, 3.8) is 0 Å². The molecule has 0 bridgehead atoms. The fourth-order valence-corrected chi connectivity index (χ4v) is 2.69. The van der Waals surface area contributed by atoms with Gasteiger partial charge in [0.2, 0.25) is 0 Å². The number of carbonyl (C=O) groups excluding carboxylic acids is 1. The van der Waals surface area contributed by atoms with Gasteiger partial charge in [0.1, 0.15) is 5.69 Å². The van der Waals surface area contributed by atoms with Crippen LogP contribution in [0.2, 0.25) is 0 Å². The number of anilines is 1. The summed E-state index contributed by atoms with van der Waals surface area (Å²) >= 11 is 1.20. The number of nitrogens with one attached hydrogen (secondary N) is 1. The van der Waals surface area contributed by atoms with Crippen molar-refractivity contribution < 1.29 is 13.2 Å². The van der Waals surface area contributed by atoms with E-state index in [1.165, 1.54) is 23.5 Å². The van der Waals surface area contributed by atoms with Crippen molar-refractivity contribution in [2.75, 3.05) is 12.0 Å². The maximum atomic E-state index is 11.7. The number of aromatic nitrogens is 1. The summed E-state index contributed by atoms with van der Waals surface area (Å²) in [6, 6.07) is 6.34. The van der Waals surface area contributed by atoms with Crippen molar-refractivity contribution in [3.8, 4) is 0 Å². The van der Waals surface area contributed by atoms with Gasteiger partial charge in [0.25, 0.3) is 5.91 Å². The van der Waals surface area contributed by atoms with Crippen LogP contribution in [0.4, 0.5) is 5.13 Å². The standard InChI is InChI=1S/C12H13N3O3S2/c1-20(17,18)9-4-2-8(3-5-9)6-14-11(16)10-7-19-12(13)15-10/h2-5,7H,6H2,1H3,(H2,13,15)(H,14,16). The summed E-state index contributed by atoms with van der Waals surface area (Å²) in [4.78, 5) is 15.9. The Kier molecular flexibility index (Phi) is 4.05. The maximum Gasteiger partial charge on any atom is 0.271 e. The molecule has 106 valence electrons. The molecule has 1 heterocycles. The summed E-state index contributed by atoms with van der Waals surface area (Å²) < 4.78 is 22.6. The molecular formula is C12H13N3O3S2. The summed E-state index contributed by atoms with van der Waals surface area (Å²) in [7, 11) is -3.20. The van der Waals surface area contributed by atoms with Gasteiger partial charge in [-0.2, -0.15) is 0 Å². The third kappa shape index (κ3) is 3.55. The predicted octanol–water partition coefficient (Wildman–Crippen LogP) is 1.06. The Bertz CT molecular complexity index is 721. The van der Waals surface area contributed by atoms with E-state index < -0.39 is 9.84 Å². The number of benzene rings is 1. The highest BCUT2D eigenvalue weighted by atomic mass is 32.2. The van der Waals surface area contributed by atoms with Crippen molar-refractivity contribution in [2.24, 2.45) is 0 Å². The number of hydrogen-bond donors (Lipinski definition) is 2. The number of thiazole rings is 1. The first kappa shape index (κ1) is 14.5. The molecule has 0 aliphatic rings. The average Bonchev–Trinajstić information content (AvgIpc) is 2.82. The Hall–Kier alpha value is -1.93. The summed E-state index contributed by atoms with van der Waals surface area (Å²) in [5, 5.41) is 4.61. The molecule has 0 radical (unpaired) electrons. The highest BCUT2D eigenvalue weighted by molar-refractivity contribution is 7.90. The Labute approximate surface area is 120 Å². The molecule has 0 atom stereocenters. The molecule has 1 amide bonds. The molecule has 20 heavy (non-hydrogen) atoms. The zero-order chi connectivity index (χ0) is 14.8. The van der Waals surface area contributed by atoms with E-state index in [1.807, 2.05) is 0 Å². The van der Waals surface area contributed by atoms with Crippen LogP contribution in [0.3, 0.4) is 0 Å². The lowest BCUT2D eigenvalue weighted by Crippen LogP contribution is -2.23. The molecule has 2 rings (SSSR count). The zero-order valence-electron chi connectivity index (χ0n) is 10.7. The first-order valence-electron chi connectivity index (χ1n) is 5.64. The van der Waals surface area contributed by atoms with Crippen molar-refractivity contribution in [2.45, 2.75) is 11.4 Å². The molecule has 0 aliphatic heterocycles. The molecule has 0 spiro atoms. The third-order valence-corrected chi connectivity index (χ3v) is 4.36. The van der Waals surface area contributed by atoms with Gasteiger partial charge in [-0.3, -0.25) is 4.79 Å². The van der Waals surface area contributed by atoms with Gasteiger partial charge in [-0.1, -0.05) is 12.1 Å². The lowest BCUT2D eigenvalue weighted by molar-refractivity contribution is 0.0946. The van der Waals surface area contributed by atoms with Gasteiger partial charge in [-0.05, 0) is 17.7 Å². The minimum atomic E-state index is -3.20. The largest absolute Gasteiger partial charge is 0.375 e. The van der Waals surface area contributed by atoms with Crippen LogP contribution in [0.25, 0.3) is 0 Å². The molecule has 0 saturated carbocycles. The number of sulfone groups is 1. The van der Waals surface area contributed by atoms with E-state index in [1.54, 1.807) is 17.5 Å². The monoisotopic (exact) mass is 311 g/mol. The summed E-state index contributed by atoms with van der Waals surface area (Å²) in [6.07, 6.45) is 1.15. The Morgan fingerprint density at radius 1 is 1.35 bits per heavy atom. The van der Waals surface area contributed by atoms with Crippen LogP contribution < -0.4 is 11.1 Å². The predicted molar refractivity (Wildman–Crippen MR) is 77.2 cm³/mol. The minimum absolute atomic E-state index is 0.250. The van der Waals surface area contributed by atoms with E-state index in [4.69, 9.17) is 5.73 Å². The third-order valence-electron chi connectivity index (χ3n) is 2.56. The number of rotatable bonds is 4. The molecule has 0 unspecified atom stereocenters. The summed E-state index contributed by atoms with van der Waals surface area (Å²) in [5.41, 5.74) is 6.53. The van der Waals surface area contributed by atoms with Gasteiger partial charge >= 0.3 is 0 Å². The van der Waals surface area contributed by atoms with Crippen LogP contribution >= 0.6 is 11.3 Å². The number of nitrogen functional groups attached to an aromatic ring is 1. The summed E-state index contributed by atoms with van der Waals surface area (Å²) in [5.74, 6) is -0.315. The Balaban J connectivity index is 1.99. The molecule has 0 fully saturated rings. The lowest BCUT2D eigenvalue weighted by atomic mass is 10.2. The van der Waals surface area contributed by atoms with E-state index >= 15 is 0 Å². The zero-order valence-corrected chi connectivity index (χ0v) is 12.3. The first-order valence-corrected chi connectivity index (χ1v) is 8.41. The highest BCUT2D eigenvalue weighted by Crippen LogP contribution is 2.12. The Morgan fingerprint density at radius 3 is 2.50 bits per heavy atom. The molecule has 3 N–H and O–H groups in total. The molecule has 8 heteroatoms. The average molecular weight is 311 g/mol. The van der Waals surface area contributed by atoms with Crippen molar-refractivity contribution >= 4 is 32.2 Å². The molecule has 1 aromatic heterocycles. The number of nitrogens with two attached hydrogens (primary N) is 1. The van der Waals surface area contributed by atoms with E-state index in [0.29, 0.717) is 11.7 Å². The van der Waals surface area contributed by atoms with E-state index in [0.717, 1.165) is 11.8 Å². The number of nitrogens with zero attached hydrogens (tertiary/aromatic N) is 1. The van der Waals surface area contributed by atoms with Crippen molar-refractivity contribution in [3.05, 3.63) is 40.9 Å². The van der Waals surface area contributed by atoms with Crippen molar-refractivity contribution in [1.29, 1.82) is 0 Å². The molecule has 6 nitrogen and oxygen atoms in total. The SMILES string of the molecule is CS(=O)(=O)c1ccc(CNC(=O)c2csc(N)n2)cc1. The minimum Gasteiger partial charge on any atom is -0.375 e. The number of carbonyl (C=O) groups is 1. The van der Waals surface area contributed by atoms with Crippen LogP contribution in [0, 0.1) is 0 Å². The molecule has 0 saturated heterocycles.